The minimum Gasteiger partial charge on any atom is -0.384 e. The minimum atomic E-state index is 0.590. The maximum absolute atomic E-state index is 5.70. The standard InChI is InChI=1S/C9H8BrN3/c10-8-4-2-1-3-6(8)7-5-12-13-9(7)11/h1-5H,(H3,11,12,13). The zero-order chi connectivity index (χ0) is 9.26. The van der Waals surface area contributed by atoms with Crippen molar-refractivity contribution in [3.8, 4) is 11.1 Å². The van der Waals surface area contributed by atoms with Crippen LogP contribution in [0.5, 0.6) is 0 Å². The van der Waals surface area contributed by atoms with E-state index >= 15 is 0 Å². The summed E-state index contributed by atoms with van der Waals surface area (Å²) in [5.41, 5.74) is 7.68. The van der Waals surface area contributed by atoms with E-state index in [0.29, 0.717) is 5.82 Å². The van der Waals surface area contributed by atoms with Crippen molar-refractivity contribution >= 4 is 21.7 Å². The number of nitrogens with one attached hydrogen (secondary N) is 1. The van der Waals surface area contributed by atoms with E-state index in [1.807, 2.05) is 24.3 Å². The number of hydrogen-bond donors (Lipinski definition) is 2. The first-order valence-electron chi connectivity index (χ1n) is 3.83. The lowest BCUT2D eigenvalue weighted by Gasteiger charge is -2.01. The molecule has 13 heavy (non-hydrogen) atoms. The molecule has 0 radical (unpaired) electrons. The Kier molecular flexibility index (Phi) is 2.06. The van der Waals surface area contributed by atoms with E-state index in [0.717, 1.165) is 15.6 Å². The van der Waals surface area contributed by atoms with Crippen LogP contribution in [0.2, 0.25) is 0 Å². The molecule has 0 aliphatic carbocycles. The fourth-order valence-electron chi connectivity index (χ4n) is 1.19. The van der Waals surface area contributed by atoms with Crippen molar-refractivity contribution in [2.24, 2.45) is 0 Å². The predicted octanol–water partition coefficient (Wildman–Crippen LogP) is 2.42. The largest absolute Gasteiger partial charge is 0.384 e. The topological polar surface area (TPSA) is 54.7 Å². The van der Waals surface area contributed by atoms with Crippen molar-refractivity contribution in [2.45, 2.75) is 0 Å². The van der Waals surface area contributed by atoms with Crippen LogP contribution in [0.1, 0.15) is 0 Å². The zero-order valence-electron chi connectivity index (χ0n) is 6.79. The second-order valence-corrected chi connectivity index (χ2v) is 3.53. The average molecular weight is 238 g/mol. The molecule has 2 aromatic rings. The molecule has 66 valence electrons. The van der Waals surface area contributed by atoms with E-state index in [2.05, 4.69) is 26.1 Å². The first-order valence-corrected chi connectivity index (χ1v) is 4.62. The fourth-order valence-corrected chi connectivity index (χ4v) is 1.69. The van der Waals surface area contributed by atoms with Crippen LogP contribution in [-0.2, 0) is 0 Å². The molecule has 0 saturated heterocycles. The summed E-state index contributed by atoms with van der Waals surface area (Å²) in [6.07, 6.45) is 1.72. The molecule has 0 aliphatic rings. The second kappa shape index (κ2) is 3.22. The Hall–Kier alpha value is -1.29. The van der Waals surface area contributed by atoms with E-state index in [-0.39, 0.29) is 0 Å². The van der Waals surface area contributed by atoms with Crippen molar-refractivity contribution in [3.05, 3.63) is 34.9 Å². The molecule has 0 atom stereocenters. The third kappa shape index (κ3) is 1.45. The van der Waals surface area contributed by atoms with Gasteiger partial charge in [-0.2, -0.15) is 5.10 Å². The number of nitrogen functional groups attached to an aromatic ring is 1. The predicted molar refractivity (Wildman–Crippen MR) is 56.1 cm³/mol. The van der Waals surface area contributed by atoms with Gasteiger partial charge in [0.15, 0.2) is 0 Å². The Morgan fingerprint density at radius 2 is 2.00 bits per heavy atom. The number of aromatic nitrogens is 2. The smallest absolute Gasteiger partial charge is 0.126 e. The third-order valence-corrected chi connectivity index (χ3v) is 2.52. The lowest BCUT2D eigenvalue weighted by atomic mass is 10.1. The Morgan fingerprint density at radius 1 is 1.23 bits per heavy atom. The monoisotopic (exact) mass is 237 g/mol. The van der Waals surface area contributed by atoms with Crippen LogP contribution < -0.4 is 5.73 Å². The summed E-state index contributed by atoms with van der Waals surface area (Å²) in [5, 5.41) is 6.57. The van der Waals surface area contributed by atoms with E-state index in [9.17, 15) is 0 Å². The average Bonchev–Trinajstić information content (AvgIpc) is 2.52. The number of nitrogens with zero attached hydrogens (tertiary/aromatic N) is 1. The molecule has 1 aromatic heterocycles. The molecule has 3 N–H and O–H groups in total. The molecule has 0 aliphatic heterocycles. The van der Waals surface area contributed by atoms with Crippen LogP contribution in [0, 0.1) is 0 Å². The summed E-state index contributed by atoms with van der Waals surface area (Å²) < 4.78 is 1.02. The van der Waals surface area contributed by atoms with Crippen LogP contribution in [-0.4, -0.2) is 10.2 Å². The summed E-state index contributed by atoms with van der Waals surface area (Å²) in [6.45, 7) is 0. The Labute approximate surface area is 84.1 Å². The Bertz CT molecular complexity index is 422. The lowest BCUT2D eigenvalue weighted by Crippen LogP contribution is -1.87. The summed E-state index contributed by atoms with van der Waals surface area (Å²) in [7, 11) is 0. The molecule has 2 rings (SSSR count). The highest BCUT2D eigenvalue weighted by atomic mass is 79.9. The highest BCUT2D eigenvalue weighted by Crippen LogP contribution is 2.30. The zero-order valence-corrected chi connectivity index (χ0v) is 8.38. The molecule has 0 saturated carbocycles. The van der Waals surface area contributed by atoms with Crippen LogP contribution in [0.3, 0.4) is 0 Å². The van der Waals surface area contributed by atoms with Gasteiger partial charge in [-0.3, -0.25) is 5.10 Å². The van der Waals surface area contributed by atoms with Crippen molar-refractivity contribution in [1.29, 1.82) is 0 Å². The molecule has 0 amide bonds. The van der Waals surface area contributed by atoms with E-state index in [4.69, 9.17) is 5.73 Å². The number of aromatic amines is 1. The van der Waals surface area contributed by atoms with Gasteiger partial charge in [0, 0.05) is 15.6 Å². The van der Waals surface area contributed by atoms with E-state index in [1.54, 1.807) is 6.20 Å². The summed E-state index contributed by atoms with van der Waals surface area (Å²) in [5.74, 6) is 0.590. The number of anilines is 1. The van der Waals surface area contributed by atoms with E-state index in [1.165, 1.54) is 0 Å². The first kappa shape index (κ1) is 8.31. The highest BCUT2D eigenvalue weighted by molar-refractivity contribution is 9.10. The van der Waals surface area contributed by atoms with Gasteiger partial charge < -0.3 is 5.73 Å². The molecule has 0 unspecified atom stereocenters. The van der Waals surface area contributed by atoms with Crippen molar-refractivity contribution < 1.29 is 0 Å². The quantitative estimate of drug-likeness (QED) is 0.801. The normalized spacial score (nSPS) is 10.2. The van der Waals surface area contributed by atoms with Gasteiger partial charge in [-0.05, 0) is 6.07 Å². The molecule has 4 heteroatoms. The highest BCUT2D eigenvalue weighted by Gasteiger charge is 2.06. The van der Waals surface area contributed by atoms with Crippen LogP contribution in [0.15, 0.2) is 34.9 Å². The number of nitrogens with two attached hydrogens (primary N) is 1. The Morgan fingerprint density at radius 3 is 2.62 bits per heavy atom. The van der Waals surface area contributed by atoms with Crippen molar-refractivity contribution in [2.75, 3.05) is 5.73 Å². The van der Waals surface area contributed by atoms with Gasteiger partial charge in [0.2, 0.25) is 0 Å². The van der Waals surface area contributed by atoms with Gasteiger partial charge in [0.05, 0.1) is 6.20 Å². The maximum Gasteiger partial charge on any atom is 0.126 e. The molecule has 0 bridgehead atoms. The van der Waals surface area contributed by atoms with E-state index < -0.39 is 0 Å². The molecular weight excluding hydrogens is 230 g/mol. The van der Waals surface area contributed by atoms with Gasteiger partial charge in [-0.25, -0.2) is 0 Å². The minimum absolute atomic E-state index is 0.590. The van der Waals surface area contributed by atoms with Crippen LogP contribution >= 0.6 is 15.9 Å². The molecule has 0 spiro atoms. The third-order valence-electron chi connectivity index (χ3n) is 1.83. The lowest BCUT2D eigenvalue weighted by molar-refractivity contribution is 1.10. The van der Waals surface area contributed by atoms with Crippen LogP contribution in [0.25, 0.3) is 11.1 Å². The van der Waals surface area contributed by atoms with Crippen molar-refractivity contribution in [1.82, 2.24) is 10.2 Å². The molecule has 3 nitrogen and oxygen atoms in total. The Balaban J connectivity index is 2.59. The molecule has 0 fully saturated rings. The second-order valence-electron chi connectivity index (χ2n) is 2.68. The number of halogens is 1. The first-order chi connectivity index (χ1) is 6.29. The van der Waals surface area contributed by atoms with Crippen LogP contribution in [0.4, 0.5) is 5.82 Å². The molecular formula is C9H8BrN3. The van der Waals surface area contributed by atoms with Gasteiger partial charge >= 0.3 is 0 Å². The number of hydrogen-bond acceptors (Lipinski definition) is 2. The number of benzene rings is 1. The van der Waals surface area contributed by atoms with Gasteiger partial charge in [-0.15, -0.1) is 0 Å². The maximum atomic E-state index is 5.70. The van der Waals surface area contributed by atoms with Gasteiger partial charge in [-0.1, -0.05) is 34.1 Å². The summed E-state index contributed by atoms with van der Waals surface area (Å²) >= 11 is 3.45. The van der Waals surface area contributed by atoms with Gasteiger partial charge in [0.1, 0.15) is 5.82 Å². The molecule has 1 aromatic carbocycles. The number of H-pyrrole nitrogens is 1. The SMILES string of the molecule is Nc1[nH]ncc1-c1ccccc1Br. The summed E-state index contributed by atoms with van der Waals surface area (Å²) in [6, 6.07) is 7.89. The van der Waals surface area contributed by atoms with Crippen molar-refractivity contribution in [3.63, 3.8) is 0 Å². The fraction of sp³-hybridized carbons (Fsp3) is 0. The summed E-state index contributed by atoms with van der Waals surface area (Å²) in [4.78, 5) is 0. The number of rotatable bonds is 1. The van der Waals surface area contributed by atoms with Gasteiger partial charge in [0.25, 0.3) is 0 Å². The molecule has 1 heterocycles.